The number of aromatic nitrogens is 1. The lowest BCUT2D eigenvalue weighted by Gasteiger charge is -2.02. The van der Waals surface area contributed by atoms with Crippen molar-refractivity contribution in [3.8, 4) is 11.3 Å². The van der Waals surface area contributed by atoms with E-state index in [2.05, 4.69) is 9.68 Å². The molecule has 0 bridgehead atoms. The lowest BCUT2D eigenvalue weighted by Crippen LogP contribution is -2.02. The molecule has 96 valence electrons. The highest BCUT2D eigenvalue weighted by atomic mass is 35.5. The molecule has 1 aromatic heterocycles. The molecule has 2 rings (SSSR count). The van der Waals surface area contributed by atoms with Crippen LogP contribution in [0.15, 0.2) is 22.7 Å². The van der Waals surface area contributed by atoms with E-state index < -0.39 is 17.8 Å². The van der Waals surface area contributed by atoms with E-state index in [1.54, 1.807) is 6.92 Å². The van der Waals surface area contributed by atoms with Crippen LogP contribution in [0.1, 0.15) is 11.3 Å². The minimum absolute atomic E-state index is 0.0869. The van der Waals surface area contributed by atoms with Crippen LogP contribution in [0.5, 0.6) is 0 Å². The van der Waals surface area contributed by atoms with Gasteiger partial charge in [-0.1, -0.05) is 16.8 Å². The summed E-state index contributed by atoms with van der Waals surface area (Å²) in [6.07, 6.45) is -4.65. The lowest BCUT2D eigenvalue weighted by molar-refractivity contribution is -0.155. The Balaban J connectivity index is 2.50. The first kappa shape index (κ1) is 12.9. The van der Waals surface area contributed by atoms with Crippen LogP contribution in [-0.2, 0) is 6.18 Å². The summed E-state index contributed by atoms with van der Waals surface area (Å²) < 4.78 is 54.6. The molecule has 0 aliphatic heterocycles. The molecule has 0 atom stereocenters. The van der Waals surface area contributed by atoms with Crippen molar-refractivity contribution >= 4 is 11.6 Å². The Kier molecular flexibility index (Phi) is 3.06. The molecule has 0 saturated carbocycles. The molecule has 2 aromatic rings. The first-order valence-corrected chi connectivity index (χ1v) is 5.17. The minimum Gasteiger partial charge on any atom is -0.351 e. The van der Waals surface area contributed by atoms with Crippen molar-refractivity contribution in [2.45, 2.75) is 13.1 Å². The van der Waals surface area contributed by atoms with E-state index in [4.69, 9.17) is 11.6 Å². The highest BCUT2D eigenvalue weighted by Gasteiger charge is 2.36. The average Bonchev–Trinajstić information content (AvgIpc) is 2.72. The van der Waals surface area contributed by atoms with Crippen molar-refractivity contribution in [1.82, 2.24) is 5.16 Å². The van der Waals surface area contributed by atoms with Crippen LogP contribution in [0.2, 0.25) is 5.02 Å². The summed E-state index contributed by atoms with van der Waals surface area (Å²) >= 11 is 5.69. The van der Waals surface area contributed by atoms with Crippen molar-refractivity contribution < 1.29 is 22.1 Å². The van der Waals surface area contributed by atoms with Gasteiger partial charge in [0, 0.05) is 16.7 Å². The molecule has 18 heavy (non-hydrogen) atoms. The first-order chi connectivity index (χ1) is 8.29. The standard InChI is InChI=1S/C11H6ClF4NO/c1-5-2-6(8(13)3-7(5)12)9-4-10(18-17-9)11(14,15)16/h2-4H,1H3. The van der Waals surface area contributed by atoms with Gasteiger partial charge < -0.3 is 4.52 Å². The van der Waals surface area contributed by atoms with Crippen LogP contribution in [0.25, 0.3) is 11.3 Å². The number of rotatable bonds is 1. The van der Waals surface area contributed by atoms with Gasteiger partial charge in [-0.05, 0) is 24.6 Å². The zero-order chi connectivity index (χ0) is 13.5. The van der Waals surface area contributed by atoms with Gasteiger partial charge in [-0.3, -0.25) is 0 Å². The third kappa shape index (κ3) is 2.33. The van der Waals surface area contributed by atoms with Crippen LogP contribution >= 0.6 is 11.6 Å². The SMILES string of the molecule is Cc1cc(-c2cc(C(F)(F)F)on2)c(F)cc1Cl. The van der Waals surface area contributed by atoms with Gasteiger partial charge in [0.15, 0.2) is 0 Å². The van der Waals surface area contributed by atoms with E-state index in [0.29, 0.717) is 11.6 Å². The molecule has 1 heterocycles. The van der Waals surface area contributed by atoms with Crippen molar-refractivity contribution in [3.05, 3.63) is 40.4 Å². The highest BCUT2D eigenvalue weighted by molar-refractivity contribution is 6.31. The number of halogens is 5. The number of alkyl halides is 3. The zero-order valence-electron chi connectivity index (χ0n) is 8.98. The predicted octanol–water partition coefficient (Wildman–Crippen LogP) is 4.46. The number of aryl methyl sites for hydroxylation is 1. The van der Waals surface area contributed by atoms with Crippen molar-refractivity contribution in [1.29, 1.82) is 0 Å². The average molecular weight is 280 g/mol. The second-order valence-corrected chi connectivity index (χ2v) is 4.06. The molecule has 0 spiro atoms. The van der Waals surface area contributed by atoms with Gasteiger partial charge >= 0.3 is 6.18 Å². The summed E-state index contributed by atoms with van der Waals surface area (Å²) in [5.74, 6) is -2.03. The Labute approximate surface area is 104 Å². The second kappa shape index (κ2) is 4.28. The normalized spacial score (nSPS) is 11.9. The van der Waals surface area contributed by atoms with Crippen molar-refractivity contribution in [2.24, 2.45) is 0 Å². The lowest BCUT2D eigenvalue weighted by atomic mass is 10.1. The van der Waals surface area contributed by atoms with Crippen LogP contribution in [-0.4, -0.2) is 5.16 Å². The maximum atomic E-state index is 13.6. The number of benzene rings is 1. The number of nitrogens with zero attached hydrogens (tertiary/aromatic N) is 1. The molecule has 0 unspecified atom stereocenters. The molecule has 0 aliphatic rings. The molecule has 0 aliphatic carbocycles. The van der Waals surface area contributed by atoms with Crippen molar-refractivity contribution in [3.63, 3.8) is 0 Å². The Morgan fingerprint density at radius 2 is 1.89 bits per heavy atom. The summed E-state index contributed by atoms with van der Waals surface area (Å²) in [5.41, 5.74) is 0.223. The van der Waals surface area contributed by atoms with E-state index in [1.807, 2.05) is 0 Å². The van der Waals surface area contributed by atoms with Gasteiger partial charge in [-0.25, -0.2) is 4.39 Å². The van der Waals surface area contributed by atoms with Crippen LogP contribution in [0.3, 0.4) is 0 Å². The second-order valence-electron chi connectivity index (χ2n) is 3.66. The topological polar surface area (TPSA) is 26.0 Å². The Morgan fingerprint density at radius 3 is 2.44 bits per heavy atom. The fourth-order valence-corrected chi connectivity index (χ4v) is 1.54. The molecule has 0 amide bonds. The number of hydrogen-bond donors (Lipinski definition) is 0. The maximum Gasteiger partial charge on any atom is 0.452 e. The highest BCUT2D eigenvalue weighted by Crippen LogP contribution is 2.33. The molecule has 7 heteroatoms. The summed E-state index contributed by atoms with van der Waals surface area (Å²) in [4.78, 5) is 0. The minimum atomic E-state index is -4.65. The predicted molar refractivity (Wildman–Crippen MR) is 56.6 cm³/mol. The van der Waals surface area contributed by atoms with Crippen molar-refractivity contribution in [2.75, 3.05) is 0 Å². The van der Waals surface area contributed by atoms with Gasteiger partial charge in [-0.2, -0.15) is 13.2 Å². The molecule has 1 aromatic carbocycles. The molecular formula is C11H6ClF4NO. The molecule has 0 saturated heterocycles. The summed E-state index contributed by atoms with van der Waals surface area (Å²) in [7, 11) is 0. The zero-order valence-corrected chi connectivity index (χ0v) is 9.73. The fraction of sp³-hybridized carbons (Fsp3) is 0.182. The third-order valence-electron chi connectivity index (χ3n) is 2.31. The first-order valence-electron chi connectivity index (χ1n) is 4.79. The van der Waals surface area contributed by atoms with E-state index in [0.717, 1.165) is 6.07 Å². The van der Waals surface area contributed by atoms with Crippen LogP contribution in [0.4, 0.5) is 17.6 Å². The van der Waals surface area contributed by atoms with E-state index in [9.17, 15) is 17.6 Å². The summed E-state index contributed by atoms with van der Waals surface area (Å²) in [5, 5.41) is 3.40. The van der Waals surface area contributed by atoms with E-state index >= 15 is 0 Å². The van der Waals surface area contributed by atoms with Crippen LogP contribution in [0, 0.1) is 12.7 Å². The fourth-order valence-electron chi connectivity index (χ4n) is 1.39. The van der Waals surface area contributed by atoms with E-state index in [-0.39, 0.29) is 16.3 Å². The number of hydrogen-bond acceptors (Lipinski definition) is 2. The van der Waals surface area contributed by atoms with Gasteiger partial charge in [0.05, 0.1) is 0 Å². The van der Waals surface area contributed by atoms with Gasteiger partial charge in [0.1, 0.15) is 11.5 Å². The smallest absolute Gasteiger partial charge is 0.351 e. The summed E-state index contributed by atoms with van der Waals surface area (Å²) in [6.45, 7) is 1.61. The molecular weight excluding hydrogens is 274 g/mol. The van der Waals surface area contributed by atoms with Gasteiger partial charge in [0.2, 0.25) is 5.76 Å². The molecule has 2 nitrogen and oxygen atoms in total. The van der Waals surface area contributed by atoms with Crippen LogP contribution < -0.4 is 0 Å². The summed E-state index contributed by atoms with van der Waals surface area (Å²) in [6, 6.07) is 2.98. The van der Waals surface area contributed by atoms with Gasteiger partial charge in [0.25, 0.3) is 0 Å². The Bertz CT molecular complexity index is 591. The Morgan fingerprint density at radius 1 is 1.22 bits per heavy atom. The molecule has 0 radical (unpaired) electrons. The molecule has 0 fully saturated rings. The van der Waals surface area contributed by atoms with Gasteiger partial charge in [-0.15, -0.1) is 0 Å². The monoisotopic (exact) mass is 279 g/mol. The largest absolute Gasteiger partial charge is 0.452 e. The Hall–Kier alpha value is -1.56. The maximum absolute atomic E-state index is 13.6. The quantitative estimate of drug-likeness (QED) is 0.720. The molecule has 0 N–H and O–H groups in total. The van der Waals surface area contributed by atoms with E-state index in [1.165, 1.54) is 6.07 Å². The third-order valence-corrected chi connectivity index (χ3v) is 2.72.